The standard InChI is InChI=1S/C16H23N5O4S/c1-12-10-15(18-25-12)16(22)20-6-4-14(11-20)21(26(3,23)24)9-8-19-7-5-17-13(19)2/h5,7,10,14H,4,6,8-9,11H2,1-3H3. The predicted molar refractivity (Wildman–Crippen MR) is 94.1 cm³/mol. The van der Waals surface area contributed by atoms with Crippen LogP contribution >= 0.6 is 0 Å². The maximum absolute atomic E-state index is 12.5. The van der Waals surface area contributed by atoms with Crippen LogP contribution in [0.25, 0.3) is 0 Å². The molecule has 2 aromatic heterocycles. The van der Waals surface area contributed by atoms with Crippen molar-refractivity contribution < 1.29 is 17.7 Å². The number of carbonyl (C=O) groups excluding carboxylic acids is 1. The quantitative estimate of drug-likeness (QED) is 0.729. The molecule has 1 amide bonds. The molecular weight excluding hydrogens is 358 g/mol. The van der Waals surface area contributed by atoms with Crippen molar-refractivity contribution in [3.8, 4) is 0 Å². The smallest absolute Gasteiger partial charge is 0.276 e. The van der Waals surface area contributed by atoms with Gasteiger partial charge in [0.05, 0.1) is 6.26 Å². The zero-order chi connectivity index (χ0) is 18.9. The Bertz CT molecular complexity index is 888. The third-order valence-electron chi connectivity index (χ3n) is 4.62. The lowest BCUT2D eigenvalue weighted by Gasteiger charge is -2.27. The molecule has 1 aliphatic rings. The van der Waals surface area contributed by atoms with E-state index in [1.54, 1.807) is 24.1 Å². The second kappa shape index (κ2) is 7.20. The van der Waals surface area contributed by atoms with Gasteiger partial charge in [0, 0.05) is 50.7 Å². The molecule has 10 heteroatoms. The van der Waals surface area contributed by atoms with Crippen LogP contribution in [0.1, 0.15) is 28.5 Å². The molecule has 142 valence electrons. The molecule has 1 unspecified atom stereocenters. The summed E-state index contributed by atoms with van der Waals surface area (Å²) in [6.45, 7) is 5.30. The fourth-order valence-corrected chi connectivity index (χ4v) is 4.38. The van der Waals surface area contributed by atoms with Crippen LogP contribution in [0, 0.1) is 13.8 Å². The normalized spacial score (nSPS) is 18.0. The van der Waals surface area contributed by atoms with Gasteiger partial charge in [-0.15, -0.1) is 0 Å². The highest BCUT2D eigenvalue weighted by Gasteiger charge is 2.35. The van der Waals surface area contributed by atoms with Crippen LogP contribution in [0.5, 0.6) is 0 Å². The maximum atomic E-state index is 12.5. The summed E-state index contributed by atoms with van der Waals surface area (Å²) < 4.78 is 32.9. The molecule has 0 spiro atoms. The van der Waals surface area contributed by atoms with E-state index in [0.29, 0.717) is 38.4 Å². The maximum Gasteiger partial charge on any atom is 0.276 e. The van der Waals surface area contributed by atoms with Crippen LogP contribution in [0.4, 0.5) is 0 Å². The van der Waals surface area contributed by atoms with Crippen LogP contribution in [0.3, 0.4) is 0 Å². The average Bonchev–Trinajstić information content (AvgIpc) is 3.28. The molecule has 3 rings (SSSR count). The van der Waals surface area contributed by atoms with Gasteiger partial charge in [-0.25, -0.2) is 13.4 Å². The summed E-state index contributed by atoms with van der Waals surface area (Å²) >= 11 is 0. The Morgan fingerprint density at radius 1 is 1.42 bits per heavy atom. The molecule has 0 N–H and O–H groups in total. The van der Waals surface area contributed by atoms with E-state index in [0.717, 1.165) is 5.82 Å². The van der Waals surface area contributed by atoms with Crippen molar-refractivity contribution in [1.29, 1.82) is 0 Å². The van der Waals surface area contributed by atoms with Gasteiger partial charge in [-0.05, 0) is 20.3 Å². The first-order chi connectivity index (χ1) is 12.3. The first kappa shape index (κ1) is 18.6. The second-order valence-electron chi connectivity index (χ2n) is 6.56. The van der Waals surface area contributed by atoms with E-state index in [2.05, 4.69) is 10.1 Å². The minimum atomic E-state index is -3.40. The molecule has 1 saturated heterocycles. The first-order valence-electron chi connectivity index (χ1n) is 8.43. The number of imidazole rings is 1. The highest BCUT2D eigenvalue weighted by atomic mass is 32.2. The Morgan fingerprint density at radius 3 is 2.77 bits per heavy atom. The number of carbonyl (C=O) groups is 1. The average molecular weight is 381 g/mol. The van der Waals surface area contributed by atoms with Crippen molar-refractivity contribution in [1.82, 2.24) is 23.9 Å². The number of amides is 1. The summed E-state index contributed by atoms with van der Waals surface area (Å²) in [4.78, 5) is 18.3. The van der Waals surface area contributed by atoms with Crippen LogP contribution < -0.4 is 0 Å². The number of aromatic nitrogens is 3. The van der Waals surface area contributed by atoms with Crippen LogP contribution in [0.2, 0.25) is 0 Å². The van der Waals surface area contributed by atoms with Gasteiger partial charge < -0.3 is 14.0 Å². The van der Waals surface area contributed by atoms with Crippen LogP contribution in [-0.2, 0) is 16.6 Å². The monoisotopic (exact) mass is 381 g/mol. The highest BCUT2D eigenvalue weighted by Crippen LogP contribution is 2.20. The molecular formula is C16H23N5O4S. The zero-order valence-electron chi connectivity index (χ0n) is 15.1. The van der Waals surface area contributed by atoms with Crippen LogP contribution in [0.15, 0.2) is 23.0 Å². The fourth-order valence-electron chi connectivity index (χ4n) is 3.26. The Kier molecular flexibility index (Phi) is 5.15. The summed E-state index contributed by atoms with van der Waals surface area (Å²) in [5, 5.41) is 3.75. The molecule has 2 aromatic rings. The van der Waals surface area contributed by atoms with Crippen molar-refractivity contribution in [2.45, 2.75) is 32.9 Å². The van der Waals surface area contributed by atoms with Gasteiger partial charge in [-0.1, -0.05) is 5.16 Å². The van der Waals surface area contributed by atoms with Gasteiger partial charge in [-0.2, -0.15) is 4.31 Å². The number of rotatable bonds is 6. The van der Waals surface area contributed by atoms with E-state index in [1.807, 2.05) is 17.7 Å². The number of sulfonamides is 1. The van der Waals surface area contributed by atoms with Gasteiger partial charge in [0.15, 0.2) is 5.69 Å². The topological polar surface area (TPSA) is 102 Å². The van der Waals surface area contributed by atoms with Gasteiger partial charge in [0.25, 0.3) is 5.91 Å². The molecule has 1 atom stereocenters. The van der Waals surface area contributed by atoms with E-state index >= 15 is 0 Å². The molecule has 9 nitrogen and oxygen atoms in total. The van der Waals surface area contributed by atoms with Crippen LogP contribution in [-0.4, -0.2) is 70.2 Å². The second-order valence-corrected chi connectivity index (χ2v) is 8.49. The van der Waals surface area contributed by atoms with Crippen molar-refractivity contribution in [2.75, 3.05) is 25.9 Å². The summed E-state index contributed by atoms with van der Waals surface area (Å²) in [6.07, 6.45) is 5.32. The van der Waals surface area contributed by atoms with Crippen molar-refractivity contribution in [3.05, 3.63) is 35.7 Å². The molecule has 0 bridgehead atoms. The number of hydrogen-bond acceptors (Lipinski definition) is 6. The first-order valence-corrected chi connectivity index (χ1v) is 10.3. The number of aryl methyl sites for hydroxylation is 2. The Morgan fingerprint density at radius 2 is 2.19 bits per heavy atom. The Balaban J connectivity index is 1.68. The number of nitrogens with zero attached hydrogens (tertiary/aromatic N) is 5. The molecule has 0 saturated carbocycles. The van der Waals surface area contributed by atoms with E-state index < -0.39 is 10.0 Å². The van der Waals surface area contributed by atoms with E-state index in [9.17, 15) is 13.2 Å². The van der Waals surface area contributed by atoms with E-state index in [-0.39, 0.29) is 17.6 Å². The molecule has 0 aromatic carbocycles. The van der Waals surface area contributed by atoms with Crippen molar-refractivity contribution in [2.24, 2.45) is 0 Å². The minimum absolute atomic E-state index is 0.233. The Labute approximate surface area is 152 Å². The molecule has 0 aliphatic carbocycles. The number of likely N-dealkylation sites (tertiary alicyclic amines) is 1. The minimum Gasteiger partial charge on any atom is -0.361 e. The Hall–Kier alpha value is -2.20. The largest absolute Gasteiger partial charge is 0.361 e. The summed E-state index contributed by atoms with van der Waals surface area (Å²) in [5.74, 6) is 1.17. The molecule has 26 heavy (non-hydrogen) atoms. The highest BCUT2D eigenvalue weighted by molar-refractivity contribution is 7.88. The predicted octanol–water partition coefficient (Wildman–Crippen LogP) is 0.664. The van der Waals surface area contributed by atoms with Crippen molar-refractivity contribution in [3.63, 3.8) is 0 Å². The molecule has 1 fully saturated rings. The van der Waals surface area contributed by atoms with Gasteiger partial charge >= 0.3 is 0 Å². The summed E-state index contributed by atoms with van der Waals surface area (Å²) in [7, 11) is -3.40. The number of hydrogen-bond donors (Lipinski definition) is 0. The SMILES string of the molecule is Cc1cc(C(=O)N2CCC(N(CCn3ccnc3C)S(C)(=O)=O)C2)no1. The van der Waals surface area contributed by atoms with Gasteiger partial charge in [-0.3, -0.25) is 4.79 Å². The third-order valence-corrected chi connectivity index (χ3v) is 5.95. The van der Waals surface area contributed by atoms with Crippen molar-refractivity contribution >= 4 is 15.9 Å². The lowest BCUT2D eigenvalue weighted by molar-refractivity contribution is 0.0774. The fraction of sp³-hybridized carbons (Fsp3) is 0.562. The van der Waals surface area contributed by atoms with Gasteiger partial charge in [0.1, 0.15) is 11.6 Å². The van der Waals surface area contributed by atoms with E-state index in [1.165, 1.54) is 10.6 Å². The van der Waals surface area contributed by atoms with E-state index in [4.69, 9.17) is 4.52 Å². The molecule has 0 radical (unpaired) electrons. The zero-order valence-corrected chi connectivity index (χ0v) is 15.9. The van der Waals surface area contributed by atoms with Gasteiger partial charge in [0.2, 0.25) is 10.0 Å². The summed E-state index contributed by atoms with van der Waals surface area (Å²) in [5.41, 5.74) is 0.253. The molecule has 1 aliphatic heterocycles. The lowest BCUT2D eigenvalue weighted by Crippen LogP contribution is -2.43. The third kappa shape index (κ3) is 3.96. The summed E-state index contributed by atoms with van der Waals surface area (Å²) in [6, 6.07) is 1.34. The molecule has 3 heterocycles. The lowest BCUT2D eigenvalue weighted by atomic mass is 10.2.